The van der Waals surface area contributed by atoms with Gasteiger partial charge in [0.15, 0.2) is 11.5 Å². The van der Waals surface area contributed by atoms with Gasteiger partial charge in [0.2, 0.25) is 5.91 Å². The van der Waals surface area contributed by atoms with Crippen molar-refractivity contribution in [2.45, 2.75) is 40.2 Å². The van der Waals surface area contributed by atoms with E-state index in [-0.39, 0.29) is 42.2 Å². The van der Waals surface area contributed by atoms with E-state index in [2.05, 4.69) is 0 Å². The molecule has 0 aliphatic rings. The van der Waals surface area contributed by atoms with Gasteiger partial charge in [-0.05, 0) is 24.1 Å². The summed E-state index contributed by atoms with van der Waals surface area (Å²) in [5, 5.41) is 0. The molecule has 140 valence electrons. The van der Waals surface area contributed by atoms with Crippen LogP contribution in [0.3, 0.4) is 0 Å². The number of esters is 2. The summed E-state index contributed by atoms with van der Waals surface area (Å²) in [4.78, 5) is 34.7. The molecule has 0 spiro atoms. The Hall–Kier alpha value is -2.12. The first-order chi connectivity index (χ1) is 11.1. The van der Waals surface area contributed by atoms with E-state index in [1.54, 1.807) is 33.8 Å². The lowest BCUT2D eigenvalue weighted by atomic mass is 10.1. The summed E-state index contributed by atoms with van der Waals surface area (Å²) in [5.74, 6) is -1.98. The zero-order valence-corrected chi connectivity index (χ0v) is 15.6. The molecule has 25 heavy (non-hydrogen) atoms. The van der Waals surface area contributed by atoms with E-state index < -0.39 is 23.9 Å². The highest BCUT2D eigenvalue weighted by atomic mass is 35.5. The van der Waals surface area contributed by atoms with Crippen molar-refractivity contribution in [2.75, 3.05) is 0 Å². The molecule has 0 saturated carbocycles. The van der Waals surface area contributed by atoms with Gasteiger partial charge in [0, 0.05) is 0 Å². The van der Waals surface area contributed by atoms with Gasteiger partial charge in [-0.2, -0.15) is 0 Å². The van der Waals surface area contributed by atoms with Crippen molar-refractivity contribution in [3.05, 3.63) is 23.8 Å². The van der Waals surface area contributed by atoms with Crippen molar-refractivity contribution < 1.29 is 23.9 Å². The van der Waals surface area contributed by atoms with Crippen LogP contribution < -0.4 is 20.9 Å². The molecule has 7 nitrogen and oxygen atoms in total. The van der Waals surface area contributed by atoms with Gasteiger partial charge in [-0.1, -0.05) is 33.8 Å². The Labute approximate surface area is 153 Å². The van der Waals surface area contributed by atoms with E-state index in [0.717, 1.165) is 0 Å². The second kappa shape index (κ2) is 10.0. The predicted molar refractivity (Wildman–Crippen MR) is 95.5 cm³/mol. The lowest BCUT2D eigenvalue weighted by Crippen LogP contribution is -2.38. The maximum absolute atomic E-state index is 11.9. The van der Waals surface area contributed by atoms with Crippen molar-refractivity contribution in [3.63, 3.8) is 0 Å². The van der Waals surface area contributed by atoms with Crippen molar-refractivity contribution in [2.24, 2.45) is 23.3 Å². The number of ether oxygens (including phenoxy) is 2. The number of carbonyl (C=O) groups excluding carboxylic acids is 3. The van der Waals surface area contributed by atoms with Crippen LogP contribution in [0.15, 0.2) is 18.2 Å². The molecule has 4 N–H and O–H groups in total. The number of rotatable bonds is 7. The SMILES string of the molecule is CC(C)C(=O)Oc1ccc(CC(N)C(N)=O)cc1OC(=O)C(C)C.Cl. The summed E-state index contributed by atoms with van der Waals surface area (Å²) in [7, 11) is 0. The molecule has 1 aromatic rings. The molecule has 0 aliphatic heterocycles. The van der Waals surface area contributed by atoms with E-state index in [1.165, 1.54) is 12.1 Å². The van der Waals surface area contributed by atoms with Gasteiger partial charge in [-0.15, -0.1) is 12.4 Å². The predicted octanol–water partition coefficient (Wildman–Crippen LogP) is 1.59. The molecule has 1 unspecified atom stereocenters. The molecule has 1 rings (SSSR count). The minimum atomic E-state index is -0.859. The highest BCUT2D eigenvalue weighted by Gasteiger charge is 2.19. The molecule has 0 heterocycles. The molecular weight excluding hydrogens is 348 g/mol. The van der Waals surface area contributed by atoms with Gasteiger partial charge in [0.1, 0.15) is 0 Å². The fourth-order valence-corrected chi connectivity index (χ4v) is 1.65. The van der Waals surface area contributed by atoms with Crippen LogP contribution in [0.2, 0.25) is 0 Å². The normalized spacial score (nSPS) is 11.6. The number of nitrogens with two attached hydrogens (primary N) is 2. The third kappa shape index (κ3) is 7.11. The summed E-state index contributed by atoms with van der Waals surface area (Å²) in [6, 6.07) is 3.80. The number of hydrogen-bond donors (Lipinski definition) is 2. The van der Waals surface area contributed by atoms with Crippen LogP contribution in [-0.2, 0) is 20.8 Å². The van der Waals surface area contributed by atoms with E-state index in [0.29, 0.717) is 5.56 Å². The summed E-state index contributed by atoms with van der Waals surface area (Å²) in [6.45, 7) is 6.77. The van der Waals surface area contributed by atoms with E-state index in [4.69, 9.17) is 20.9 Å². The summed E-state index contributed by atoms with van der Waals surface area (Å²) < 4.78 is 10.6. The Morgan fingerprint density at radius 1 is 0.960 bits per heavy atom. The Balaban J connectivity index is 0.00000576. The molecule has 0 fully saturated rings. The van der Waals surface area contributed by atoms with Crippen LogP contribution in [-0.4, -0.2) is 23.9 Å². The highest BCUT2D eigenvalue weighted by molar-refractivity contribution is 5.85. The van der Waals surface area contributed by atoms with Crippen LogP contribution in [0, 0.1) is 11.8 Å². The number of primary amides is 1. The second-order valence-corrected chi connectivity index (χ2v) is 6.15. The Morgan fingerprint density at radius 3 is 1.88 bits per heavy atom. The standard InChI is InChI=1S/C17H24N2O5.ClH/c1-9(2)16(21)23-13-6-5-11(7-12(18)15(19)20)8-14(13)24-17(22)10(3)4;/h5-6,8-10,12H,7,18H2,1-4H3,(H2,19,20);1H. The molecular formula is C17H25ClN2O5. The third-order valence-electron chi connectivity index (χ3n) is 3.19. The van der Waals surface area contributed by atoms with Crippen molar-refractivity contribution >= 4 is 30.3 Å². The molecule has 0 radical (unpaired) electrons. The summed E-state index contributed by atoms with van der Waals surface area (Å²) in [5.41, 5.74) is 11.4. The lowest BCUT2D eigenvalue weighted by Gasteiger charge is -2.15. The lowest BCUT2D eigenvalue weighted by molar-refractivity contribution is -0.140. The van der Waals surface area contributed by atoms with E-state index >= 15 is 0 Å². The summed E-state index contributed by atoms with van der Waals surface area (Å²) in [6.07, 6.45) is 0.181. The molecule has 0 aliphatic carbocycles. The van der Waals surface area contributed by atoms with Crippen LogP contribution >= 0.6 is 12.4 Å². The topological polar surface area (TPSA) is 122 Å². The largest absolute Gasteiger partial charge is 0.422 e. The molecule has 1 atom stereocenters. The molecule has 0 bridgehead atoms. The minimum Gasteiger partial charge on any atom is -0.422 e. The zero-order valence-electron chi connectivity index (χ0n) is 14.8. The first kappa shape index (κ1) is 22.9. The third-order valence-corrected chi connectivity index (χ3v) is 3.19. The zero-order chi connectivity index (χ0) is 18.4. The first-order valence-corrected chi connectivity index (χ1v) is 7.73. The Morgan fingerprint density at radius 2 is 1.44 bits per heavy atom. The molecule has 0 aromatic heterocycles. The van der Waals surface area contributed by atoms with Crippen LogP contribution in [0.25, 0.3) is 0 Å². The van der Waals surface area contributed by atoms with Crippen LogP contribution in [0.4, 0.5) is 0 Å². The fraction of sp³-hybridized carbons (Fsp3) is 0.471. The first-order valence-electron chi connectivity index (χ1n) is 7.73. The Kier molecular flexibility index (Phi) is 9.16. The van der Waals surface area contributed by atoms with Crippen LogP contribution in [0.5, 0.6) is 11.5 Å². The molecule has 8 heteroatoms. The van der Waals surface area contributed by atoms with Gasteiger partial charge >= 0.3 is 11.9 Å². The second-order valence-electron chi connectivity index (χ2n) is 6.15. The van der Waals surface area contributed by atoms with E-state index in [9.17, 15) is 14.4 Å². The van der Waals surface area contributed by atoms with Crippen molar-refractivity contribution in [3.8, 4) is 11.5 Å². The number of carbonyl (C=O) groups is 3. The molecule has 0 saturated heterocycles. The average molecular weight is 373 g/mol. The van der Waals surface area contributed by atoms with Gasteiger partial charge < -0.3 is 20.9 Å². The molecule has 1 amide bonds. The number of amides is 1. The average Bonchev–Trinajstić information content (AvgIpc) is 2.49. The Bertz CT molecular complexity index is 631. The fourth-order valence-electron chi connectivity index (χ4n) is 1.65. The quantitative estimate of drug-likeness (QED) is 0.553. The van der Waals surface area contributed by atoms with Gasteiger partial charge in [-0.3, -0.25) is 14.4 Å². The van der Waals surface area contributed by atoms with Crippen molar-refractivity contribution in [1.29, 1.82) is 0 Å². The van der Waals surface area contributed by atoms with Crippen molar-refractivity contribution in [1.82, 2.24) is 0 Å². The maximum atomic E-state index is 11.9. The highest BCUT2D eigenvalue weighted by Crippen LogP contribution is 2.30. The van der Waals surface area contributed by atoms with Crippen LogP contribution in [0.1, 0.15) is 33.3 Å². The number of benzene rings is 1. The number of halogens is 1. The minimum absolute atomic E-state index is 0. The summed E-state index contributed by atoms with van der Waals surface area (Å²) >= 11 is 0. The van der Waals surface area contributed by atoms with Gasteiger partial charge in [0.25, 0.3) is 0 Å². The number of hydrogen-bond acceptors (Lipinski definition) is 6. The van der Waals surface area contributed by atoms with Gasteiger partial charge in [0.05, 0.1) is 17.9 Å². The molecule has 1 aromatic carbocycles. The van der Waals surface area contributed by atoms with Gasteiger partial charge in [-0.25, -0.2) is 0 Å². The maximum Gasteiger partial charge on any atom is 0.313 e. The van der Waals surface area contributed by atoms with E-state index in [1.807, 2.05) is 0 Å². The smallest absolute Gasteiger partial charge is 0.313 e. The monoisotopic (exact) mass is 372 g/mol.